The van der Waals surface area contributed by atoms with E-state index in [-0.39, 0.29) is 0 Å². The van der Waals surface area contributed by atoms with E-state index in [1.165, 1.54) is 0 Å². The minimum Gasteiger partial charge on any atom is -0.382 e. The summed E-state index contributed by atoms with van der Waals surface area (Å²) in [5.41, 5.74) is 2.23. The van der Waals surface area contributed by atoms with Crippen molar-refractivity contribution < 1.29 is 9.47 Å². The Morgan fingerprint density at radius 2 is 1.46 bits per heavy atom. The molecule has 3 aliphatic heterocycles. The van der Waals surface area contributed by atoms with Crippen LogP contribution in [-0.2, 0) is 9.47 Å². The van der Waals surface area contributed by atoms with Crippen LogP contribution < -0.4 is 10.6 Å². The van der Waals surface area contributed by atoms with Crippen molar-refractivity contribution in [2.45, 2.75) is 0 Å². The molecule has 1 aromatic rings. The highest BCUT2D eigenvalue weighted by Crippen LogP contribution is 2.20. The van der Waals surface area contributed by atoms with E-state index in [0.29, 0.717) is 0 Å². The Bertz CT molecular complexity index is 509. The molecule has 132 valence electrons. The molecule has 0 atom stereocenters. The van der Waals surface area contributed by atoms with Crippen molar-refractivity contribution >= 4 is 11.4 Å². The first kappa shape index (κ1) is 17.1. The van der Waals surface area contributed by atoms with Crippen molar-refractivity contribution in [3.8, 4) is 0 Å². The van der Waals surface area contributed by atoms with Gasteiger partial charge in [0.05, 0.1) is 37.8 Å². The SMILES string of the molecule is C1=CN2CCOCCN(CCNc3ccccc3N1)CCOCC2. The van der Waals surface area contributed by atoms with Crippen molar-refractivity contribution in [3.05, 3.63) is 36.7 Å². The van der Waals surface area contributed by atoms with Gasteiger partial charge in [-0.1, -0.05) is 12.1 Å². The quantitative estimate of drug-likeness (QED) is 0.753. The molecule has 0 spiro atoms. The summed E-state index contributed by atoms with van der Waals surface area (Å²) < 4.78 is 11.6. The zero-order chi connectivity index (χ0) is 16.5. The third-order valence-corrected chi connectivity index (χ3v) is 4.34. The zero-order valence-corrected chi connectivity index (χ0v) is 14.2. The highest BCUT2D eigenvalue weighted by molar-refractivity contribution is 5.69. The molecule has 6 nitrogen and oxygen atoms in total. The summed E-state index contributed by atoms with van der Waals surface area (Å²) >= 11 is 0. The Balaban J connectivity index is 1.77. The summed E-state index contributed by atoms with van der Waals surface area (Å²) in [6.45, 7) is 8.54. The fourth-order valence-corrected chi connectivity index (χ4v) is 2.90. The maximum absolute atomic E-state index is 5.81. The molecule has 0 saturated carbocycles. The molecular formula is C18H28N4O2. The van der Waals surface area contributed by atoms with Gasteiger partial charge in [-0.05, 0) is 12.1 Å². The first-order valence-corrected chi connectivity index (χ1v) is 8.80. The van der Waals surface area contributed by atoms with E-state index in [9.17, 15) is 0 Å². The van der Waals surface area contributed by atoms with Gasteiger partial charge < -0.3 is 25.0 Å². The van der Waals surface area contributed by atoms with Crippen LogP contribution in [0.5, 0.6) is 0 Å². The van der Waals surface area contributed by atoms with Crippen molar-refractivity contribution in [2.24, 2.45) is 0 Å². The van der Waals surface area contributed by atoms with Crippen LogP contribution in [0.15, 0.2) is 36.7 Å². The van der Waals surface area contributed by atoms with Crippen LogP contribution in [0.2, 0.25) is 0 Å². The van der Waals surface area contributed by atoms with E-state index in [1.807, 2.05) is 6.20 Å². The summed E-state index contributed by atoms with van der Waals surface area (Å²) in [7, 11) is 0. The molecule has 6 heteroatoms. The lowest BCUT2D eigenvalue weighted by atomic mass is 10.2. The Morgan fingerprint density at radius 3 is 2.21 bits per heavy atom. The second kappa shape index (κ2) is 9.52. The lowest BCUT2D eigenvalue weighted by molar-refractivity contribution is 0.0490. The lowest BCUT2D eigenvalue weighted by Crippen LogP contribution is -2.36. The summed E-state index contributed by atoms with van der Waals surface area (Å²) in [5.74, 6) is 0. The van der Waals surface area contributed by atoms with Crippen molar-refractivity contribution in [1.29, 1.82) is 0 Å². The number of fused-ring (bicyclic) bond motifs is 11. The maximum Gasteiger partial charge on any atom is 0.0642 e. The summed E-state index contributed by atoms with van der Waals surface area (Å²) in [6.07, 6.45) is 4.08. The topological polar surface area (TPSA) is 49.0 Å². The number of ether oxygens (including phenoxy) is 2. The predicted molar refractivity (Wildman–Crippen MR) is 97.3 cm³/mol. The first-order valence-electron chi connectivity index (χ1n) is 8.80. The maximum atomic E-state index is 5.81. The number of hydrogen-bond acceptors (Lipinski definition) is 6. The van der Waals surface area contributed by atoms with Crippen LogP contribution in [0.1, 0.15) is 0 Å². The molecule has 0 amide bonds. The minimum absolute atomic E-state index is 0.743. The van der Waals surface area contributed by atoms with Crippen LogP contribution in [0.4, 0.5) is 11.4 Å². The van der Waals surface area contributed by atoms with E-state index in [2.05, 4.69) is 50.9 Å². The highest BCUT2D eigenvalue weighted by Gasteiger charge is 2.09. The third kappa shape index (κ3) is 5.40. The molecule has 1 aromatic carbocycles. The summed E-state index contributed by atoms with van der Waals surface area (Å²) in [4.78, 5) is 4.64. The number of nitrogens with zero attached hydrogens (tertiary/aromatic N) is 2. The average molecular weight is 332 g/mol. The van der Waals surface area contributed by atoms with Gasteiger partial charge in [-0.3, -0.25) is 4.90 Å². The second-order valence-corrected chi connectivity index (χ2v) is 6.03. The fraction of sp³-hybridized carbons (Fsp3) is 0.556. The van der Waals surface area contributed by atoms with Crippen molar-refractivity contribution in [3.63, 3.8) is 0 Å². The Hall–Kier alpha value is -1.76. The molecule has 4 rings (SSSR count). The molecule has 2 bridgehead atoms. The standard InChI is InChI=1S/C18H28N4O2/c1-2-4-18-17(3-1)19-5-7-21-9-13-23-15-11-22(8-6-20-18)12-16-24-14-10-21/h1-5,7,19-20H,6,8-16H2. The largest absolute Gasteiger partial charge is 0.382 e. The van der Waals surface area contributed by atoms with Gasteiger partial charge >= 0.3 is 0 Å². The van der Waals surface area contributed by atoms with Gasteiger partial charge in [-0.15, -0.1) is 0 Å². The van der Waals surface area contributed by atoms with Gasteiger partial charge in [0.25, 0.3) is 0 Å². The number of hydrogen-bond donors (Lipinski definition) is 2. The Labute approximate surface area is 144 Å². The van der Waals surface area contributed by atoms with Gasteiger partial charge in [0.2, 0.25) is 0 Å². The molecule has 0 aliphatic carbocycles. The monoisotopic (exact) mass is 332 g/mol. The zero-order valence-electron chi connectivity index (χ0n) is 14.2. The Morgan fingerprint density at radius 1 is 0.792 bits per heavy atom. The molecule has 1 saturated heterocycles. The summed E-state index contributed by atoms with van der Waals surface area (Å²) in [5, 5.41) is 6.92. The predicted octanol–water partition coefficient (Wildman–Crippen LogP) is 1.65. The van der Waals surface area contributed by atoms with Crippen molar-refractivity contribution in [2.75, 3.05) is 76.3 Å². The lowest BCUT2D eigenvalue weighted by Gasteiger charge is -2.25. The average Bonchev–Trinajstić information content (AvgIpc) is 2.60. The number of nitrogens with one attached hydrogen (secondary N) is 2. The second-order valence-electron chi connectivity index (χ2n) is 6.03. The van der Waals surface area contributed by atoms with Gasteiger partial charge in [-0.25, -0.2) is 0 Å². The third-order valence-electron chi connectivity index (χ3n) is 4.34. The van der Waals surface area contributed by atoms with Gasteiger partial charge in [0.1, 0.15) is 0 Å². The highest BCUT2D eigenvalue weighted by atomic mass is 16.5. The van der Waals surface area contributed by atoms with Crippen LogP contribution in [0, 0.1) is 0 Å². The number of para-hydroxylation sites is 2. The molecule has 0 aromatic heterocycles. The molecule has 0 radical (unpaired) electrons. The van der Waals surface area contributed by atoms with Gasteiger partial charge in [-0.2, -0.15) is 0 Å². The van der Waals surface area contributed by atoms with Crippen molar-refractivity contribution in [1.82, 2.24) is 9.80 Å². The molecule has 1 fully saturated rings. The van der Waals surface area contributed by atoms with E-state index >= 15 is 0 Å². The number of benzene rings is 1. The van der Waals surface area contributed by atoms with E-state index in [4.69, 9.17) is 9.47 Å². The van der Waals surface area contributed by atoms with Crippen LogP contribution in [-0.4, -0.2) is 75.5 Å². The van der Waals surface area contributed by atoms with Gasteiger partial charge in [0, 0.05) is 51.7 Å². The van der Waals surface area contributed by atoms with Gasteiger partial charge in [0.15, 0.2) is 0 Å². The van der Waals surface area contributed by atoms with E-state index in [0.717, 1.165) is 77.1 Å². The first-order chi connectivity index (χ1) is 11.9. The van der Waals surface area contributed by atoms with Crippen LogP contribution in [0.25, 0.3) is 0 Å². The van der Waals surface area contributed by atoms with E-state index < -0.39 is 0 Å². The molecule has 3 heterocycles. The number of rotatable bonds is 0. The summed E-state index contributed by atoms with van der Waals surface area (Å²) in [6, 6.07) is 8.32. The number of anilines is 2. The van der Waals surface area contributed by atoms with E-state index in [1.54, 1.807) is 0 Å². The fourth-order valence-electron chi connectivity index (χ4n) is 2.90. The molecule has 2 N–H and O–H groups in total. The smallest absolute Gasteiger partial charge is 0.0642 e. The normalized spacial score (nSPS) is 21.2. The molecular weight excluding hydrogens is 304 g/mol. The molecule has 3 aliphatic rings. The van der Waals surface area contributed by atoms with Crippen LogP contribution in [0.3, 0.4) is 0 Å². The Kier molecular flexibility index (Phi) is 6.77. The minimum atomic E-state index is 0.743. The molecule has 24 heavy (non-hydrogen) atoms. The van der Waals surface area contributed by atoms with Crippen LogP contribution >= 0.6 is 0 Å². The molecule has 0 unspecified atom stereocenters.